The van der Waals surface area contributed by atoms with Crippen LogP contribution in [0.5, 0.6) is 11.6 Å². The second kappa shape index (κ2) is 7.84. The first-order valence-electron chi connectivity index (χ1n) is 11.2. The molecule has 0 unspecified atom stereocenters. The Morgan fingerprint density at radius 3 is 2.82 bits per heavy atom. The number of hydrogen-bond acceptors (Lipinski definition) is 7. The number of ether oxygens (including phenoxy) is 3. The fourth-order valence-corrected chi connectivity index (χ4v) is 4.21. The molecule has 170 valence electrons. The molecule has 1 saturated heterocycles. The highest BCUT2D eigenvalue weighted by Crippen LogP contribution is 2.36. The number of fused-ring (bicyclic) bond motifs is 1. The van der Waals surface area contributed by atoms with Gasteiger partial charge in [0.15, 0.2) is 11.6 Å². The van der Waals surface area contributed by atoms with Crippen LogP contribution < -0.4 is 14.4 Å². The number of methoxy groups -OCH3 is 1. The van der Waals surface area contributed by atoms with Gasteiger partial charge in [-0.2, -0.15) is 5.10 Å². The normalized spacial score (nSPS) is 17.8. The van der Waals surface area contributed by atoms with Crippen molar-refractivity contribution in [2.24, 2.45) is 5.92 Å². The lowest BCUT2D eigenvalue weighted by atomic mass is 10.1. The molecule has 2 fully saturated rings. The van der Waals surface area contributed by atoms with Gasteiger partial charge in [0.2, 0.25) is 0 Å². The van der Waals surface area contributed by atoms with Crippen molar-refractivity contribution in [3.63, 3.8) is 0 Å². The van der Waals surface area contributed by atoms with Gasteiger partial charge in [0.1, 0.15) is 0 Å². The zero-order valence-corrected chi connectivity index (χ0v) is 18.7. The number of aromatic nitrogens is 4. The van der Waals surface area contributed by atoms with Crippen molar-refractivity contribution in [2.75, 3.05) is 31.8 Å². The van der Waals surface area contributed by atoms with Gasteiger partial charge >= 0.3 is 0 Å². The van der Waals surface area contributed by atoms with Gasteiger partial charge in [0.05, 0.1) is 56.5 Å². The molecule has 1 aliphatic carbocycles. The molecule has 3 aromatic rings. The van der Waals surface area contributed by atoms with Gasteiger partial charge in [0.25, 0.3) is 11.8 Å². The molecule has 0 aromatic carbocycles. The number of rotatable bonds is 7. The molecule has 5 heterocycles. The molecule has 0 atom stereocenters. The highest BCUT2D eigenvalue weighted by molar-refractivity contribution is 6.10. The Labute approximate surface area is 191 Å². The number of nitrogens with zero attached hydrogens (tertiary/aromatic N) is 5. The van der Waals surface area contributed by atoms with E-state index >= 15 is 0 Å². The van der Waals surface area contributed by atoms with Gasteiger partial charge < -0.3 is 14.2 Å². The summed E-state index contributed by atoms with van der Waals surface area (Å²) in [5, 5.41) is 4.60. The summed E-state index contributed by atoms with van der Waals surface area (Å²) in [4.78, 5) is 24.1. The van der Waals surface area contributed by atoms with E-state index < -0.39 is 0 Å². The van der Waals surface area contributed by atoms with E-state index in [1.165, 1.54) is 12.8 Å². The number of hydrogen-bond donors (Lipinski definition) is 0. The average Bonchev–Trinajstić information content (AvgIpc) is 3.39. The van der Waals surface area contributed by atoms with E-state index in [1.807, 2.05) is 36.0 Å². The number of pyridine rings is 2. The Morgan fingerprint density at radius 1 is 1.24 bits per heavy atom. The van der Waals surface area contributed by atoms with E-state index in [1.54, 1.807) is 18.2 Å². The number of aryl methyl sites for hydroxylation is 1. The molecule has 9 nitrogen and oxygen atoms in total. The summed E-state index contributed by atoms with van der Waals surface area (Å²) in [5.74, 6) is 2.26. The first kappa shape index (κ1) is 20.2. The summed E-state index contributed by atoms with van der Waals surface area (Å²) in [5.41, 5.74) is 3.85. The Kier molecular flexibility index (Phi) is 4.79. The van der Waals surface area contributed by atoms with E-state index in [0.717, 1.165) is 22.5 Å². The lowest BCUT2D eigenvalue weighted by Crippen LogP contribution is -2.31. The van der Waals surface area contributed by atoms with Gasteiger partial charge in [-0.25, -0.2) is 4.98 Å². The van der Waals surface area contributed by atoms with Gasteiger partial charge in [-0.15, -0.1) is 0 Å². The Morgan fingerprint density at radius 2 is 2.09 bits per heavy atom. The molecular weight excluding hydrogens is 422 g/mol. The third kappa shape index (κ3) is 3.62. The maximum atomic E-state index is 13.2. The molecule has 2 aliphatic heterocycles. The number of anilines is 1. The molecule has 3 aliphatic rings. The summed E-state index contributed by atoms with van der Waals surface area (Å²) >= 11 is 0. The quantitative estimate of drug-likeness (QED) is 0.549. The molecule has 0 bridgehead atoms. The summed E-state index contributed by atoms with van der Waals surface area (Å²) in [6.45, 7) is 4.30. The molecule has 1 amide bonds. The van der Waals surface area contributed by atoms with Crippen LogP contribution in [0.25, 0.3) is 11.3 Å². The fraction of sp³-hybridized carbons (Fsp3) is 0.417. The Balaban J connectivity index is 1.29. The number of amides is 1. The van der Waals surface area contributed by atoms with Crippen LogP contribution in [-0.2, 0) is 11.3 Å². The van der Waals surface area contributed by atoms with Crippen LogP contribution in [0.1, 0.15) is 40.5 Å². The second-order valence-corrected chi connectivity index (χ2v) is 8.87. The van der Waals surface area contributed by atoms with Crippen LogP contribution in [0.3, 0.4) is 0 Å². The van der Waals surface area contributed by atoms with Crippen molar-refractivity contribution in [1.82, 2.24) is 19.7 Å². The van der Waals surface area contributed by atoms with Crippen LogP contribution >= 0.6 is 0 Å². The van der Waals surface area contributed by atoms with E-state index in [0.29, 0.717) is 55.3 Å². The first-order valence-corrected chi connectivity index (χ1v) is 11.2. The predicted molar refractivity (Wildman–Crippen MR) is 120 cm³/mol. The van der Waals surface area contributed by atoms with Crippen LogP contribution in [-0.4, -0.2) is 52.6 Å². The van der Waals surface area contributed by atoms with E-state index in [4.69, 9.17) is 19.2 Å². The summed E-state index contributed by atoms with van der Waals surface area (Å²) in [7, 11) is 1.59. The van der Waals surface area contributed by atoms with Crippen molar-refractivity contribution in [2.45, 2.75) is 32.4 Å². The minimum Gasteiger partial charge on any atom is -0.488 e. The highest BCUT2D eigenvalue weighted by Gasteiger charge is 2.34. The molecule has 33 heavy (non-hydrogen) atoms. The number of carbonyl (C=O) groups is 1. The molecular formula is C24H25N5O4. The van der Waals surface area contributed by atoms with Crippen LogP contribution in [0.2, 0.25) is 0 Å². The molecule has 0 N–H and O–H groups in total. The molecule has 0 spiro atoms. The monoisotopic (exact) mass is 447 g/mol. The maximum Gasteiger partial charge on any atom is 0.262 e. The minimum atomic E-state index is -0.0713. The summed E-state index contributed by atoms with van der Waals surface area (Å²) < 4.78 is 18.5. The van der Waals surface area contributed by atoms with Crippen molar-refractivity contribution >= 4 is 11.7 Å². The SMILES string of the molecule is COc1ncc(-c2cc(C)c3c(n2)CN(c2ccn(C4COC4)n2)C3=O)cc1OCC1CC1. The van der Waals surface area contributed by atoms with E-state index in [-0.39, 0.29) is 11.9 Å². The maximum absolute atomic E-state index is 13.2. The van der Waals surface area contributed by atoms with Gasteiger partial charge in [-0.3, -0.25) is 19.4 Å². The average molecular weight is 447 g/mol. The minimum absolute atomic E-state index is 0.0713. The summed E-state index contributed by atoms with van der Waals surface area (Å²) in [6.07, 6.45) is 6.04. The van der Waals surface area contributed by atoms with Crippen LogP contribution in [0.15, 0.2) is 30.6 Å². The first-order chi connectivity index (χ1) is 16.1. The van der Waals surface area contributed by atoms with Crippen molar-refractivity contribution in [3.05, 3.63) is 47.4 Å². The second-order valence-electron chi connectivity index (χ2n) is 8.87. The third-order valence-electron chi connectivity index (χ3n) is 6.40. The zero-order valence-electron chi connectivity index (χ0n) is 18.7. The Hall–Kier alpha value is -3.46. The topological polar surface area (TPSA) is 91.6 Å². The third-order valence-corrected chi connectivity index (χ3v) is 6.40. The van der Waals surface area contributed by atoms with E-state index in [9.17, 15) is 4.79 Å². The van der Waals surface area contributed by atoms with Crippen molar-refractivity contribution in [3.8, 4) is 22.9 Å². The van der Waals surface area contributed by atoms with Crippen molar-refractivity contribution in [1.29, 1.82) is 0 Å². The molecule has 9 heteroatoms. The van der Waals surface area contributed by atoms with Gasteiger partial charge in [-0.05, 0) is 43.4 Å². The lowest BCUT2D eigenvalue weighted by molar-refractivity contribution is -0.0285. The highest BCUT2D eigenvalue weighted by atomic mass is 16.5. The smallest absolute Gasteiger partial charge is 0.262 e. The molecule has 0 radical (unpaired) electrons. The Bertz CT molecular complexity index is 1230. The van der Waals surface area contributed by atoms with Crippen LogP contribution in [0, 0.1) is 12.8 Å². The molecule has 1 saturated carbocycles. The summed E-state index contributed by atoms with van der Waals surface area (Å²) in [6, 6.07) is 5.96. The molecule has 3 aromatic heterocycles. The standard InChI is InChI=1S/C24H25N5O4/c1-14-7-18(16-8-20(23(31-2)25-9-16)33-11-15-3-4-15)26-19-10-28(24(30)22(14)19)21-5-6-29(27-21)17-12-32-13-17/h5-9,15,17H,3-4,10-13H2,1-2H3. The van der Waals surface area contributed by atoms with Gasteiger partial charge in [0, 0.05) is 24.0 Å². The van der Waals surface area contributed by atoms with E-state index in [2.05, 4.69) is 10.1 Å². The van der Waals surface area contributed by atoms with Crippen molar-refractivity contribution < 1.29 is 19.0 Å². The largest absolute Gasteiger partial charge is 0.488 e. The molecule has 6 rings (SSSR count). The predicted octanol–water partition coefficient (Wildman–Crippen LogP) is 3.18. The zero-order chi connectivity index (χ0) is 22.5. The van der Waals surface area contributed by atoms with Gasteiger partial charge in [-0.1, -0.05) is 0 Å². The fourth-order valence-electron chi connectivity index (χ4n) is 4.21. The lowest BCUT2D eigenvalue weighted by Gasteiger charge is -2.26. The number of carbonyl (C=O) groups excluding carboxylic acids is 1. The van der Waals surface area contributed by atoms with Crippen LogP contribution in [0.4, 0.5) is 5.82 Å².